The first kappa shape index (κ1) is 20.6. The van der Waals surface area contributed by atoms with E-state index in [2.05, 4.69) is 4.40 Å². The highest BCUT2D eigenvalue weighted by molar-refractivity contribution is 7.90. The number of hydrogen-bond acceptors (Lipinski definition) is 3. The van der Waals surface area contributed by atoms with Crippen LogP contribution in [0.1, 0.15) is 52.5 Å². The average molecular weight is 355 g/mol. The van der Waals surface area contributed by atoms with Crippen molar-refractivity contribution in [2.45, 2.75) is 70.9 Å². The number of unbranched alkanes of at least 4 members (excludes halogenated alkanes) is 1. The fourth-order valence-electron chi connectivity index (χ4n) is 2.71. The second-order valence-corrected chi connectivity index (χ2v) is 8.18. The molecule has 0 aliphatic heterocycles. The standard InChI is InChI=1S/C18H30N2O3S/c1-14(2)20(15(3)4)18(8-6-7-13-21)19-24(22,23)17-11-9-16(5)10-12-17/h9-12,14-15,21H,6-8,13H2,1-5H3/b19-18+. The van der Waals surface area contributed by atoms with E-state index in [1.54, 1.807) is 24.3 Å². The van der Waals surface area contributed by atoms with Crippen molar-refractivity contribution in [3.05, 3.63) is 29.8 Å². The van der Waals surface area contributed by atoms with E-state index in [1.807, 2.05) is 39.5 Å². The number of hydrogen-bond donors (Lipinski definition) is 1. The van der Waals surface area contributed by atoms with Crippen molar-refractivity contribution in [1.82, 2.24) is 4.90 Å². The molecule has 0 fully saturated rings. The maximum absolute atomic E-state index is 12.7. The van der Waals surface area contributed by atoms with Crippen molar-refractivity contribution in [2.75, 3.05) is 6.61 Å². The van der Waals surface area contributed by atoms with Crippen LogP contribution < -0.4 is 0 Å². The molecule has 0 heterocycles. The molecule has 0 aliphatic carbocycles. The third-order valence-corrected chi connectivity index (χ3v) is 5.08. The van der Waals surface area contributed by atoms with Gasteiger partial charge in [-0.25, -0.2) is 0 Å². The number of sulfonamides is 1. The first-order valence-corrected chi connectivity index (χ1v) is 9.92. The molecule has 1 aromatic rings. The van der Waals surface area contributed by atoms with E-state index < -0.39 is 10.0 Å². The molecule has 0 aromatic heterocycles. The summed E-state index contributed by atoms with van der Waals surface area (Å²) in [4.78, 5) is 2.24. The highest BCUT2D eigenvalue weighted by atomic mass is 32.2. The lowest BCUT2D eigenvalue weighted by molar-refractivity contribution is 0.275. The molecular weight excluding hydrogens is 324 g/mol. The van der Waals surface area contributed by atoms with E-state index in [0.29, 0.717) is 25.1 Å². The second-order valence-electron chi connectivity index (χ2n) is 6.57. The molecule has 5 nitrogen and oxygen atoms in total. The average Bonchev–Trinajstić information content (AvgIpc) is 2.46. The van der Waals surface area contributed by atoms with Crippen LogP contribution in [0.25, 0.3) is 0 Å². The van der Waals surface area contributed by atoms with Gasteiger partial charge in [0.2, 0.25) is 0 Å². The number of aliphatic hydroxyl groups is 1. The minimum Gasteiger partial charge on any atom is -0.396 e. The molecule has 0 radical (unpaired) electrons. The molecular formula is C18H30N2O3S. The van der Waals surface area contributed by atoms with Crippen LogP contribution in [0.4, 0.5) is 0 Å². The molecule has 136 valence electrons. The van der Waals surface area contributed by atoms with Gasteiger partial charge >= 0.3 is 0 Å². The highest BCUT2D eigenvalue weighted by Gasteiger charge is 2.22. The molecule has 0 bridgehead atoms. The van der Waals surface area contributed by atoms with Gasteiger partial charge in [-0.05, 0) is 59.6 Å². The summed E-state index contributed by atoms with van der Waals surface area (Å²) in [5.74, 6) is 0.564. The molecule has 24 heavy (non-hydrogen) atoms. The summed E-state index contributed by atoms with van der Waals surface area (Å²) in [6.07, 6.45) is 1.87. The summed E-state index contributed by atoms with van der Waals surface area (Å²) >= 11 is 0. The van der Waals surface area contributed by atoms with Gasteiger partial charge in [0.25, 0.3) is 10.0 Å². The lowest BCUT2D eigenvalue weighted by Crippen LogP contribution is -2.42. The molecule has 0 spiro atoms. The number of aliphatic hydroxyl groups excluding tert-OH is 1. The lowest BCUT2D eigenvalue weighted by atomic mass is 10.1. The number of benzene rings is 1. The van der Waals surface area contributed by atoms with Crippen molar-refractivity contribution in [3.63, 3.8) is 0 Å². The van der Waals surface area contributed by atoms with Gasteiger partial charge in [0, 0.05) is 25.1 Å². The number of nitrogens with zero attached hydrogens (tertiary/aromatic N) is 2. The topological polar surface area (TPSA) is 70.0 Å². The quantitative estimate of drug-likeness (QED) is 0.441. The number of amidine groups is 1. The molecule has 0 atom stereocenters. The molecule has 6 heteroatoms. The Balaban J connectivity index is 3.24. The molecule has 0 saturated heterocycles. The Kier molecular flexibility index (Phi) is 7.90. The SMILES string of the molecule is Cc1ccc(S(=O)(=O)/N=C(\CCCCO)N(C(C)C)C(C)C)cc1. The van der Waals surface area contributed by atoms with Gasteiger partial charge in [0.05, 0.1) is 4.90 Å². The van der Waals surface area contributed by atoms with Crippen molar-refractivity contribution in [3.8, 4) is 0 Å². The van der Waals surface area contributed by atoms with Crippen molar-refractivity contribution < 1.29 is 13.5 Å². The smallest absolute Gasteiger partial charge is 0.283 e. The van der Waals surface area contributed by atoms with Crippen LogP contribution in [-0.4, -0.2) is 43.0 Å². The number of aryl methyl sites for hydroxylation is 1. The van der Waals surface area contributed by atoms with Crippen LogP contribution in [0.3, 0.4) is 0 Å². The maximum atomic E-state index is 12.7. The molecule has 1 rings (SSSR count). The number of rotatable bonds is 8. The predicted octanol–water partition coefficient (Wildman–Crippen LogP) is 3.36. The molecule has 0 aliphatic rings. The zero-order valence-electron chi connectivity index (χ0n) is 15.4. The molecule has 0 saturated carbocycles. The zero-order chi connectivity index (χ0) is 18.3. The molecule has 1 N–H and O–H groups in total. The summed E-state index contributed by atoms with van der Waals surface area (Å²) in [7, 11) is -3.74. The van der Waals surface area contributed by atoms with Gasteiger partial charge < -0.3 is 10.0 Å². The first-order valence-electron chi connectivity index (χ1n) is 8.48. The molecule has 1 aromatic carbocycles. The highest BCUT2D eigenvalue weighted by Crippen LogP contribution is 2.18. The van der Waals surface area contributed by atoms with Gasteiger partial charge in [-0.2, -0.15) is 8.42 Å². The monoisotopic (exact) mass is 354 g/mol. The molecule has 0 amide bonds. The Bertz CT molecular complexity index is 627. The van der Waals surface area contributed by atoms with Crippen molar-refractivity contribution >= 4 is 15.9 Å². The van der Waals surface area contributed by atoms with Gasteiger partial charge in [-0.15, -0.1) is 4.40 Å². The van der Waals surface area contributed by atoms with E-state index in [9.17, 15) is 8.42 Å². The predicted molar refractivity (Wildman–Crippen MR) is 98.8 cm³/mol. The lowest BCUT2D eigenvalue weighted by Gasteiger charge is -2.34. The fraction of sp³-hybridized carbons (Fsp3) is 0.611. The van der Waals surface area contributed by atoms with Crippen LogP contribution in [0, 0.1) is 6.92 Å². The second kappa shape index (κ2) is 9.18. The van der Waals surface area contributed by atoms with Crippen molar-refractivity contribution in [2.24, 2.45) is 4.40 Å². The Hall–Kier alpha value is -1.40. The third-order valence-electron chi connectivity index (χ3n) is 3.76. The summed E-state index contributed by atoms with van der Waals surface area (Å²) in [5, 5.41) is 9.00. The molecule has 0 unspecified atom stereocenters. The Morgan fingerprint density at radius 1 is 1.08 bits per heavy atom. The van der Waals surface area contributed by atoms with E-state index in [0.717, 1.165) is 5.56 Å². The summed E-state index contributed by atoms with van der Waals surface area (Å²) < 4.78 is 29.5. The fourth-order valence-corrected chi connectivity index (χ4v) is 3.76. The van der Waals surface area contributed by atoms with Crippen LogP contribution in [-0.2, 0) is 10.0 Å². The van der Waals surface area contributed by atoms with Gasteiger partial charge in [0.15, 0.2) is 0 Å². The summed E-state index contributed by atoms with van der Waals surface area (Å²) in [6.45, 7) is 10.1. The Morgan fingerprint density at radius 3 is 2.08 bits per heavy atom. The van der Waals surface area contributed by atoms with Crippen LogP contribution in [0.5, 0.6) is 0 Å². The largest absolute Gasteiger partial charge is 0.396 e. The minimum atomic E-state index is -3.74. The van der Waals surface area contributed by atoms with Gasteiger partial charge in [0.1, 0.15) is 5.84 Å². The van der Waals surface area contributed by atoms with Gasteiger partial charge in [-0.3, -0.25) is 0 Å². The first-order chi connectivity index (χ1) is 11.2. The van der Waals surface area contributed by atoms with Crippen LogP contribution in [0.2, 0.25) is 0 Å². The van der Waals surface area contributed by atoms with Crippen LogP contribution in [0.15, 0.2) is 33.6 Å². The maximum Gasteiger partial charge on any atom is 0.283 e. The summed E-state index contributed by atoms with van der Waals surface area (Å²) in [6, 6.07) is 7.02. The van der Waals surface area contributed by atoms with E-state index >= 15 is 0 Å². The van der Waals surface area contributed by atoms with Gasteiger partial charge in [-0.1, -0.05) is 17.7 Å². The zero-order valence-corrected chi connectivity index (χ0v) is 16.2. The van der Waals surface area contributed by atoms with Crippen LogP contribution >= 0.6 is 0 Å². The van der Waals surface area contributed by atoms with E-state index in [-0.39, 0.29) is 23.6 Å². The summed E-state index contributed by atoms with van der Waals surface area (Å²) in [5.41, 5.74) is 1.01. The third kappa shape index (κ3) is 5.91. The van der Waals surface area contributed by atoms with E-state index in [4.69, 9.17) is 5.11 Å². The van der Waals surface area contributed by atoms with Crippen molar-refractivity contribution in [1.29, 1.82) is 0 Å². The Labute approximate surface area is 146 Å². The van der Waals surface area contributed by atoms with E-state index in [1.165, 1.54) is 0 Å². The Morgan fingerprint density at radius 2 is 1.62 bits per heavy atom. The minimum absolute atomic E-state index is 0.0986. The normalized spacial score (nSPS) is 12.9.